The molecule has 26 heavy (non-hydrogen) atoms. The van der Waals surface area contributed by atoms with Gasteiger partial charge in [0.05, 0.1) is 13.2 Å². The number of halogens is 1. The van der Waals surface area contributed by atoms with Gasteiger partial charge in [-0.15, -0.1) is 0 Å². The summed E-state index contributed by atoms with van der Waals surface area (Å²) in [7, 11) is 1.35. The van der Waals surface area contributed by atoms with E-state index >= 15 is 0 Å². The summed E-state index contributed by atoms with van der Waals surface area (Å²) in [4.78, 5) is 11.1. The molecule has 0 aromatic heterocycles. The second kappa shape index (κ2) is 10.1. The van der Waals surface area contributed by atoms with Gasteiger partial charge in [0, 0.05) is 23.7 Å². The lowest BCUT2D eigenvalue weighted by Gasteiger charge is -2.18. The topological polar surface area (TPSA) is 58.6 Å². The Morgan fingerprint density at radius 3 is 2.65 bits per heavy atom. The van der Waals surface area contributed by atoms with Crippen molar-refractivity contribution in [2.24, 2.45) is 0 Å². The fraction of sp³-hybridized carbons (Fsp3) is 0.286. The first-order valence-corrected chi connectivity index (χ1v) is 8.87. The molecule has 0 bridgehead atoms. The summed E-state index contributed by atoms with van der Waals surface area (Å²) in [5.74, 6) is -0.370. The van der Waals surface area contributed by atoms with Crippen molar-refractivity contribution >= 4 is 23.6 Å². The minimum absolute atomic E-state index is 0.209. The molecule has 5 heteroatoms. The van der Waals surface area contributed by atoms with E-state index in [0.29, 0.717) is 11.6 Å². The molecule has 0 aliphatic rings. The van der Waals surface area contributed by atoms with Crippen LogP contribution in [0.5, 0.6) is 0 Å². The number of nitrogens with one attached hydrogen (secondary N) is 1. The van der Waals surface area contributed by atoms with Gasteiger partial charge in [-0.2, -0.15) is 0 Å². The molecule has 2 aromatic carbocycles. The van der Waals surface area contributed by atoms with Crippen molar-refractivity contribution in [1.29, 1.82) is 0 Å². The van der Waals surface area contributed by atoms with Crippen LogP contribution in [0.15, 0.2) is 54.6 Å². The quantitative estimate of drug-likeness (QED) is 0.546. The van der Waals surface area contributed by atoms with Crippen molar-refractivity contribution < 1.29 is 14.6 Å². The molecule has 0 spiro atoms. The molecule has 0 aliphatic carbocycles. The first kappa shape index (κ1) is 20.2. The summed E-state index contributed by atoms with van der Waals surface area (Å²) in [6.07, 6.45) is 3.36. The Kier molecular flexibility index (Phi) is 7.85. The highest BCUT2D eigenvalue weighted by Gasteiger charge is 2.10. The van der Waals surface area contributed by atoms with Gasteiger partial charge >= 0.3 is 5.97 Å². The highest BCUT2D eigenvalue weighted by Crippen LogP contribution is 2.17. The van der Waals surface area contributed by atoms with Crippen molar-refractivity contribution in [3.05, 3.63) is 76.3 Å². The maximum atomic E-state index is 11.1. The van der Waals surface area contributed by atoms with Crippen LogP contribution in [0.25, 0.3) is 6.08 Å². The van der Waals surface area contributed by atoms with Gasteiger partial charge in [0.2, 0.25) is 0 Å². The molecule has 4 nitrogen and oxygen atoms in total. The third-order valence-corrected chi connectivity index (χ3v) is 4.26. The number of methoxy groups -OCH3 is 1. The lowest BCUT2D eigenvalue weighted by atomic mass is 10.0. The van der Waals surface area contributed by atoms with E-state index < -0.39 is 6.10 Å². The molecular formula is C21H24ClNO3. The van der Waals surface area contributed by atoms with Crippen LogP contribution < -0.4 is 5.32 Å². The Bertz CT molecular complexity index is 743. The number of carbonyl (C=O) groups excluding carboxylic acids is 1. The van der Waals surface area contributed by atoms with Crippen LogP contribution in [0.3, 0.4) is 0 Å². The zero-order chi connectivity index (χ0) is 18.9. The van der Waals surface area contributed by atoms with E-state index in [-0.39, 0.29) is 12.0 Å². The molecule has 0 radical (unpaired) electrons. The number of carbonyl (C=O) groups is 1. The van der Waals surface area contributed by atoms with E-state index in [9.17, 15) is 9.90 Å². The highest BCUT2D eigenvalue weighted by atomic mass is 35.5. The molecule has 0 amide bonds. The molecule has 0 aliphatic heterocycles. The molecule has 2 N–H and O–H groups in total. The monoisotopic (exact) mass is 373 g/mol. The second-order valence-corrected chi connectivity index (χ2v) is 6.62. The average molecular weight is 374 g/mol. The van der Waals surface area contributed by atoms with Gasteiger partial charge in [0.15, 0.2) is 0 Å². The fourth-order valence-electron chi connectivity index (χ4n) is 2.57. The normalized spacial score (nSPS) is 13.5. The van der Waals surface area contributed by atoms with Gasteiger partial charge in [-0.3, -0.25) is 0 Å². The van der Waals surface area contributed by atoms with Crippen LogP contribution in [0, 0.1) is 0 Å². The molecule has 2 aromatic rings. The number of ether oxygens (including phenoxy) is 1. The SMILES string of the molecule is COC(=O)/C=C/c1ccc(CC(C)NCC(O)c2cccc(Cl)c2)cc1. The number of hydrogen-bond acceptors (Lipinski definition) is 4. The third kappa shape index (κ3) is 6.64. The first-order chi connectivity index (χ1) is 12.5. The maximum absolute atomic E-state index is 11.1. The van der Waals surface area contributed by atoms with Crippen molar-refractivity contribution in [2.75, 3.05) is 13.7 Å². The standard InChI is InChI=1S/C21H24ClNO3/c1-15(23-14-20(24)18-4-3-5-19(22)13-18)12-17-8-6-16(7-9-17)10-11-21(25)26-2/h3-11,13,15,20,23-24H,12,14H2,1-2H3/b11-10+. The summed E-state index contributed by atoms with van der Waals surface area (Å²) in [6, 6.07) is 15.5. The van der Waals surface area contributed by atoms with E-state index in [0.717, 1.165) is 17.5 Å². The van der Waals surface area contributed by atoms with E-state index in [1.165, 1.54) is 18.7 Å². The van der Waals surface area contributed by atoms with Crippen LogP contribution in [-0.2, 0) is 16.0 Å². The molecule has 2 unspecified atom stereocenters. The summed E-state index contributed by atoms with van der Waals surface area (Å²) < 4.78 is 4.57. The van der Waals surface area contributed by atoms with Crippen molar-refractivity contribution in [2.45, 2.75) is 25.5 Å². The Hall–Kier alpha value is -2.14. The largest absolute Gasteiger partial charge is 0.466 e. The smallest absolute Gasteiger partial charge is 0.330 e. The van der Waals surface area contributed by atoms with Gasteiger partial charge in [0.1, 0.15) is 0 Å². The molecule has 2 atom stereocenters. The van der Waals surface area contributed by atoms with Crippen molar-refractivity contribution in [3.63, 3.8) is 0 Å². The number of rotatable bonds is 8. The van der Waals surface area contributed by atoms with Gasteiger partial charge in [-0.25, -0.2) is 4.79 Å². The number of benzene rings is 2. The highest BCUT2D eigenvalue weighted by molar-refractivity contribution is 6.30. The van der Waals surface area contributed by atoms with Gasteiger partial charge in [0.25, 0.3) is 0 Å². The Morgan fingerprint density at radius 1 is 1.27 bits per heavy atom. The number of hydrogen-bond donors (Lipinski definition) is 2. The fourth-order valence-corrected chi connectivity index (χ4v) is 2.77. The van der Waals surface area contributed by atoms with E-state index in [1.54, 1.807) is 18.2 Å². The van der Waals surface area contributed by atoms with E-state index in [1.807, 2.05) is 36.4 Å². The Balaban J connectivity index is 1.82. The zero-order valence-corrected chi connectivity index (χ0v) is 15.7. The minimum Gasteiger partial charge on any atom is -0.466 e. The van der Waals surface area contributed by atoms with Crippen LogP contribution in [0.4, 0.5) is 0 Å². The number of esters is 1. The average Bonchev–Trinajstić information content (AvgIpc) is 2.65. The van der Waals surface area contributed by atoms with Gasteiger partial charge in [-0.05, 0) is 48.2 Å². The van der Waals surface area contributed by atoms with E-state index in [4.69, 9.17) is 11.6 Å². The first-order valence-electron chi connectivity index (χ1n) is 8.50. The summed E-state index contributed by atoms with van der Waals surface area (Å²) >= 11 is 5.96. The van der Waals surface area contributed by atoms with Crippen LogP contribution in [0.2, 0.25) is 5.02 Å². The van der Waals surface area contributed by atoms with Gasteiger partial charge < -0.3 is 15.2 Å². The molecule has 0 fully saturated rings. The molecule has 138 valence electrons. The second-order valence-electron chi connectivity index (χ2n) is 6.18. The lowest BCUT2D eigenvalue weighted by molar-refractivity contribution is -0.134. The summed E-state index contributed by atoms with van der Waals surface area (Å²) in [6.45, 7) is 2.54. The van der Waals surface area contributed by atoms with Crippen LogP contribution in [0.1, 0.15) is 29.7 Å². The maximum Gasteiger partial charge on any atom is 0.330 e. The predicted octanol–water partition coefficient (Wildman–Crippen LogP) is 3.78. The summed E-state index contributed by atoms with van der Waals surface area (Å²) in [5, 5.41) is 14.2. The molecular weight excluding hydrogens is 350 g/mol. The van der Waals surface area contributed by atoms with Gasteiger partial charge in [-0.1, -0.05) is 48.0 Å². The zero-order valence-electron chi connectivity index (χ0n) is 15.0. The number of aliphatic hydroxyl groups is 1. The molecule has 0 saturated carbocycles. The number of aliphatic hydroxyl groups excluding tert-OH is 1. The minimum atomic E-state index is -0.595. The lowest BCUT2D eigenvalue weighted by Crippen LogP contribution is -2.32. The predicted molar refractivity (Wildman–Crippen MR) is 105 cm³/mol. The summed E-state index contributed by atoms with van der Waals surface area (Å²) in [5.41, 5.74) is 2.92. The third-order valence-electron chi connectivity index (χ3n) is 4.03. The van der Waals surface area contributed by atoms with Crippen molar-refractivity contribution in [1.82, 2.24) is 5.32 Å². The Morgan fingerprint density at radius 2 is 2.00 bits per heavy atom. The van der Waals surface area contributed by atoms with E-state index in [2.05, 4.69) is 17.0 Å². The van der Waals surface area contributed by atoms with Crippen LogP contribution in [-0.4, -0.2) is 30.8 Å². The van der Waals surface area contributed by atoms with Crippen LogP contribution >= 0.6 is 11.6 Å². The van der Waals surface area contributed by atoms with Crippen molar-refractivity contribution in [3.8, 4) is 0 Å². The molecule has 0 saturated heterocycles. The molecule has 2 rings (SSSR count). The Labute approximate surface area is 159 Å². The molecule has 0 heterocycles.